The van der Waals surface area contributed by atoms with Gasteiger partial charge in [0.2, 0.25) is 5.91 Å². The van der Waals surface area contributed by atoms with E-state index in [4.69, 9.17) is 0 Å². The second kappa shape index (κ2) is 6.03. The third-order valence-electron chi connectivity index (χ3n) is 5.21. The zero-order valence-electron chi connectivity index (χ0n) is 14.2. The van der Waals surface area contributed by atoms with Crippen LogP contribution in [0.1, 0.15) is 29.7 Å². The normalized spacial score (nSPS) is 15.3. The monoisotopic (exact) mass is 336 g/mol. The third-order valence-corrected chi connectivity index (χ3v) is 5.21. The fourth-order valence-corrected chi connectivity index (χ4v) is 3.77. The minimum Gasteiger partial charge on any atom is -0.358 e. The maximum absolute atomic E-state index is 13.7. The van der Waals surface area contributed by atoms with Gasteiger partial charge in [-0.15, -0.1) is 0 Å². The fourth-order valence-electron chi connectivity index (χ4n) is 3.77. The van der Waals surface area contributed by atoms with E-state index in [1.54, 1.807) is 18.2 Å². The summed E-state index contributed by atoms with van der Waals surface area (Å²) in [6.45, 7) is 2.69. The number of aromatic nitrogens is 1. The molecule has 1 aromatic heterocycles. The van der Waals surface area contributed by atoms with Gasteiger partial charge in [0.25, 0.3) is 0 Å². The van der Waals surface area contributed by atoms with Gasteiger partial charge in [-0.1, -0.05) is 36.4 Å². The minimum absolute atomic E-state index is 0.00851. The lowest BCUT2D eigenvalue weighted by Gasteiger charge is -2.17. The molecule has 0 atom stereocenters. The maximum atomic E-state index is 13.7. The molecule has 128 valence electrons. The molecule has 1 aliphatic rings. The van der Waals surface area contributed by atoms with Gasteiger partial charge in [-0.2, -0.15) is 0 Å². The van der Waals surface area contributed by atoms with Crippen molar-refractivity contribution in [2.75, 3.05) is 6.54 Å². The van der Waals surface area contributed by atoms with Gasteiger partial charge < -0.3 is 10.3 Å². The van der Waals surface area contributed by atoms with Crippen molar-refractivity contribution in [3.63, 3.8) is 0 Å². The van der Waals surface area contributed by atoms with Crippen LogP contribution in [0.5, 0.6) is 0 Å². The highest BCUT2D eigenvalue weighted by molar-refractivity contribution is 5.86. The lowest BCUT2D eigenvalue weighted by molar-refractivity contribution is -0.120. The van der Waals surface area contributed by atoms with Crippen LogP contribution in [0.2, 0.25) is 0 Å². The van der Waals surface area contributed by atoms with Crippen LogP contribution in [-0.2, 0) is 16.6 Å². The van der Waals surface area contributed by atoms with Gasteiger partial charge in [0, 0.05) is 28.6 Å². The molecule has 0 bridgehead atoms. The zero-order valence-corrected chi connectivity index (χ0v) is 14.2. The van der Waals surface area contributed by atoms with Gasteiger partial charge in [0.15, 0.2) is 0 Å². The zero-order chi connectivity index (χ0) is 17.4. The van der Waals surface area contributed by atoms with E-state index in [1.165, 1.54) is 22.7 Å². The number of nitrogens with one attached hydrogen (secondary N) is 2. The molecule has 0 aliphatic heterocycles. The molecular weight excluding hydrogens is 315 g/mol. The largest absolute Gasteiger partial charge is 0.358 e. The van der Waals surface area contributed by atoms with Crippen molar-refractivity contribution in [3.05, 3.63) is 71.2 Å². The first kappa shape index (κ1) is 15.9. The van der Waals surface area contributed by atoms with Crippen LogP contribution in [0.3, 0.4) is 0 Å². The molecule has 4 rings (SSSR count). The lowest BCUT2D eigenvalue weighted by Crippen LogP contribution is -2.33. The Morgan fingerprint density at radius 1 is 1.16 bits per heavy atom. The van der Waals surface area contributed by atoms with Gasteiger partial charge in [0.05, 0.1) is 6.42 Å². The van der Waals surface area contributed by atoms with Gasteiger partial charge in [-0.3, -0.25) is 4.79 Å². The summed E-state index contributed by atoms with van der Waals surface area (Å²) in [6, 6.07) is 14.7. The van der Waals surface area contributed by atoms with Crippen molar-refractivity contribution < 1.29 is 9.18 Å². The number of H-pyrrole nitrogens is 1. The number of halogens is 1. The Kier molecular flexibility index (Phi) is 3.83. The van der Waals surface area contributed by atoms with E-state index in [0.717, 1.165) is 18.4 Å². The molecule has 0 saturated heterocycles. The van der Waals surface area contributed by atoms with Gasteiger partial charge in [-0.05, 0) is 43.0 Å². The van der Waals surface area contributed by atoms with Crippen LogP contribution in [-0.4, -0.2) is 17.4 Å². The number of hydrogen-bond donors (Lipinski definition) is 2. The van der Waals surface area contributed by atoms with Crippen molar-refractivity contribution in [2.24, 2.45) is 0 Å². The summed E-state index contributed by atoms with van der Waals surface area (Å²) in [7, 11) is 0. The first-order valence-electron chi connectivity index (χ1n) is 8.67. The van der Waals surface area contributed by atoms with Crippen LogP contribution >= 0.6 is 0 Å². The molecule has 25 heavy (non-hydrogen) atoms. The molecular formula is C21H21FN2O. The number of benzene rings is 2. The van der Waals surface area contributed by atoms with Crippen molar-refractivity contribution in [2.45, 2.75) is 31.6 Å². The highest BCUT2D eigenvalue weighted by atomic mass is 19.1. The summed E-state index contributed by atoms with van der Waals surface area (Å²) < 4.78 is 13.7. The highest BCUT2D eigenvalue weighted by Crippen LogP contribution is 2.51. The molecule has 2 aromatic carbocycles. The Bertz CT molecular complexity index is 940. The van der Waals surface area contributed by atoms with Crippen LogP contribution in [0.15, 0.2) is 48.5 Å². The van der Waals surface area contributed by atoms with Crippen molar-refractivity contribution >= 4 is 16.8 Å². The number of rotatable bonds is 5. The summed E-state index contributed by atoms with van der Waals surface area (Å²) in [5, 5.41) is 4.26. The first-order chi connectivity index (χ1) is 12.1. The van der Waals surface area contributed by atoms with E-state index in [9.17, 15) is 9.18 Å². The second-order valence-corrected chi connectivity index (χ2v) is 7.00. The average molecular weight is 336 g/mol. The van der Waals surface area contributed by atoms with E-state index in [1.807, 2.05) is 12.1 Å². The third kappa shape index (κ3) is 2.93. The molecule has 2 N–H and O–H groups in total. The summed E-state index contributed by atoms with van der Waals surface area (Å²) in [6.07, 6.45) is 2.21. The lowest BCUT2D eigenvalue weighted by atomic mass is 9.93. The molecule has 1 amide bonds. The number of aromatic amines is 1. The first-order valence-corrected chi connectivity index (χ1v) is 8.67. The van der Waals surface area contributed by atoms with Crippen molar-refractivity contribution in [1.82, 2.24) is 10.3 Å². The molecule has 3 aromatic rings. The van der Waals surface area contributed by atoms with E-state index >= 15 is 0 Å². The molecule has 1 saturated carbocycles. The van der Waals surface area contributed by atoms with E-state index < -0.39 is 0 Å². The summed E-state index contributed by atoms with van der Waals surface area (Å²) in [4.78, 5) is 15.7. The number of carbonyl (C=O) groups excluding carboxylic acids is 1. The number of aryl methyl sites for hydroxylation is 1. The van der Waals surface area contributed by atoms with E-state index in [0.29, 0.717) is 12.1 Å². The summed E-state index contributed by atoms with van der Waals surface area (Å²) >= 11 is 0. The van der Waals surface area contributed by atoms with Crippen molar-refractivity contribution in [3.8, 4) is 0 Å². The fraction of sp³-hybridized carbons (Fsp3) is 0.286. The number of fused-ring (bicyclic) bond motifs is 1. The van der Waals surface area contributed by atoms with Gasteiger partial charge >= 0.3 is 0 Å². The smallest absolute Gasteiger partial charge is 0.224 e. The predicted molar refractivity (Wildman–Crippen MR) is 97.1 cm³/mol. The quantitative estimate of drug-likeness (QED) is 0.726. The molecule has 0 radical (unpaired) electrons. The van der Waals surface area contributed by atoms with Crippen LogP contribution in [0.25, 0.3) is 10.9 Å². The minimum atomic E-state index is -0.328. The molecule has 4 heteroatoms. The number of para-hydroxylation sites is 1. The predicted octanol–water partition coefficient (Wildman–Crippen LogP) is 4.01. The maximum Gasteiger partial charge on any atom is 0.224 e. The Morgan fingerprint density at radius 2 is 1.88 bits per heavy atom. The average Bonchev–Trinajstić information content (AvgIpc) is 3.30. The molecule has 1 aliphatic carbocycles. The Labute approximate surface area is 146 Å². The van der Waals surface area contributed by atoms with Gasteiger partial charge in [-0.25, -0.2) is 4.39 Å². The van der Waals surface area contributed by atoms with E-state index in [-0.39, 0.29) is 23.6 Å². The molecule has 1 fully saturated rings. The van der Waals surface area contributed by atoms with Crippen LogP contribution < -0.4 is 5.32 Å². The Morgan fingerprint density at radius 3 is 2.64 bits per heavy atom. The van der Waals surface area contributed by atoms with Crippen LogP contribution in [0, 0.1) is 12.7 Å². The topological polar surface area (TPSA) is 44.9 Å². The number of hydrogen-bond acceptors (Lipinski definition) is 1. The molecule has 3 nitrogen and oxygen atoms in total. The molecule has 1 heterocycles. The molecule has 0 spiro atoms. The standard InChI is InChI=1S/C21H21FN2O/c1-14-20(16-7-3-5-9-18(16)24-14)21(10-11-21)13-23-19(25)12-15-6-2-4-8-17(15)22/h2-9,24H,10-13H2,1H3,(H,23,25). The number of carbonyl (C=O) groups is 1. The Balaban J connectivity index is 1.50. The van der Waals surface area contributed by atoms with E-state index in [2.05, 4.69) is 29.4 Å². The second-order valence-electron chi connectivity index (χ2n) is 7.00. The highest BCUT2D eigenvalue weighted by Gasteiger charge is 2.46. The molecule has 0 unspecified atom stereocenters. The van der Waals surface area contributed by atoms with Gasteiger partial charge in [0.1, 0.15) is 5.82 Å². The number of amides is 1. The summed E-state index contributed by atoms with van der Waals surface area (Å²) in [5.41, 5.74) is 4.07. The van der Waals surface area contributed by atoms with Crippen LogP contribution in [0.4, 0.5) is 4.39 Å². The SMILES string of the molecule is Cc1[nH]c2ccccc2c1C1(CNC(=O)Cc2ccccc2F)CC1. The summed E-state index contributed by atoms with van der Waals surface area (Å²) in [5.74, 6) is -0.458. The van der Waals surface area contributed by atoms with Crippen molar-refractivity contribution in [1.29, 1.82) is 0 Å². The Hall–Kier alpha value is -2.62.